The van der Waals surface area contributed by atoms with Crippen molar-refractivity contribution in [1.82, 2.24) is 10.2 Å². The fourth-order valence-corrected chi connectivity index (χ4v) is 2.15. The van der Waals surface area contributed by atoms with Crippen LogP contribution in [0.5, 0.6) is 0 Å². The van der Waals surface area contributed by atoms with Gasteiger partial charge in [0, 0.05) is 19.1 Å². The number of likely N-dealkylation sites (N-methyl/N-ethyl adjacent to an activating group) is 1. The average Bonchev–Trinajstić information content (AvgIpc) is 2.07. The molecule has 1 fully saturated rings. The zero-order chi connectivity index (χ0) is 10.2. The van der Waals surface area contributed by atoms with Crippen LogP contribution in [0.1, 0.15) is 44.9 Å². The van der Waals surface area contributed by atoms with Gasteiger partial charge in [-0.2, -0.15) is 0 Å². The minimum atomic E-state index is 0.801. The van der Waals surface area contributed by atoms with Crippen LogP contribution in [0.15, 0.2) is 0 Å². The highest BCUT2D eigenvalue weighted by Gasteiger charge is 2.09. The number of rotatable bonds is 4. The van der Waals surface area contributed by atoms with Crippen molar-refractivity contribution in [3.8, 4) is 0 Å². The lowest BCUT2D eigenvalue weighted by Crippen LogP contribution is -2.35. The molecule has 0 aromatic carbocycles. The summed E-state index contributed by atoms with van der Waals surface area (Å²) in [4.78, 5) is 2.25. The normalized spacial score (nSPS) is 20.8. The van der Waals surface area contributed by atoms with E-state index in [0.29, 0.717) is 0 Å². The number of nitrogens with zero attached hydrogens (tertiary/aromatic N) is 1. The molecule has 0 saturated heterocycles. The number of nitrogens with one attached hydrogen (secondary N) is 1. The van der Waals surface area contributed by atoms with E-state index in [1.165, 1.54) is 44.9 Å². The maximum absolute atomic E-state index is 3.68. The van der Waals surface area contributed by atoms with Gasteiger partial charge in [0.15, 0.2) is 0 Å². The molecular weight excluding hydrogens is 172 g/mol. The first-order chi connectivity index (χ1) is 6.79. The van der Waals surface area contributed by atoms with E-state index in [4.69, 9.17) is 0 Å². The molecule has 0 atom stereocenters. The zero-order valence-electron chi connectivity index (χ0n) is 9.89. The SMILES string of the molecule is CN(C)CCNC1CCCCCCC1. The van der Waals surface area contributed by atoms with Crippen molar-refractivity contribution in [3.63, 3.8) is 0 Å². The van der Waals surface area contributed by atoms with Crippen LogP contribution in [0.25, 0.3) is 0 Å². The Morgan fingerprint density at radius 1 is 1.00 bits per heavy atom. The minimum Gasteiger partial charge on any atom is -0.313 e. The van der Waals surface area contributed by atoms with Gasteiger partial charge in [-0.25, -0.2) is 0 Å². The summed E-state index contributed by atoms with van der Waals surface area (Å²) < 4.78 is 0. The van der Waals surface area contributed by atoms with Gasteiger partial charge in [-0.05, 0) is 26.9 Å². The Balaban J connectivity index is 2.08. The molecule has 0 amide bonds. The molecule has 0 heterocycles. The second-order valence-electron chi connectivity index (χ2n) is 4.80. The summed E-state index contributed by atoms with van der Waals surface area (Å²) in [6, 6.07) is 0.801. The van der Waals surface area contributed by atoms with Gasteiger partial charge in [0.25, 0.3) is 0 Å². The Morgan fingerprint density at radius 2 is 1.57 bits per heavy atom. The summed E-state index contributed by atoms with van der Waals surface area (Å²) in [5.41, 5.74) is 0. The molecule has 2 heteroatoms. The average molecular weight is 198 g/mol. The monoisotopic (exact) mass is 198 g/mol. The van der Waals surface area contributed by atoms with Gasteiger partial charge in [-0.1, -0.05) is 32.1 Å². The molecule has 1 aliphatic rings. The van der Waals surface area contributed by atoms with E-state index in [2.05, 4.69) is 24.3 Å². The van der Waals surface area contributed by atoms with Gasteiger partial charge in [0.1, 0.15) is 0 Å². The van der Waals surface area contributed by atoms with Crippen LogP contribution in [0.2, 0.25) is 0 Å². The number of hydrogen-bond donors (Lipinski definition) is 1. The van der Waals surface area contributed by atoms with E-state index in [1.54, 1.807) is 0 Å². The largest absolute Gasteiger partial charge is 0.313 e. The highest BCUT2D eigenvalue weighted by molar-refractivity contribution is 4.69. The van der Waals surface area contributed by atoms with Crippen molar-refractivity contribution in [2.45, 2.75) is 51.0 Å². The summed E-state index contributed by atoms with van der Waals surface area (Å²) in [6.45, 7) is 2.31. The Bertz CT molecular complexity index is 126. The Hall–Kier alpha value is -0.0800. The summed E-state index contributed by atoms with van der Waals surface area (Å²) in [7, 11) is 4.28. The molecule has 0 aliphatic heterocycles. The molecule has 1 aliphatic carbocycles. The number of hydrogen-bond acceptors (Lipinski definition) is 2. The third kappa shape index (κ3) is 5.61. The fourth-order valence-electron chi connectivity index (χ4n) is 2.15. The van der Waals surface area contributed by atoms with Crippen molar-refractivity contribution in [2.24, 2.45) is 0 Å². The third-order valence-electron chi connectivity index (χ3n) is 3.10. The Morgan fingerprint density at radius 3 is 2.14 bits per heavy atom. The lowest BCUT2D eigenvalue weighted by Gasteiger charge is -2.22. The molecule has 0 aromatic rings. The summed E-state index contributed by atoms with van der Waals surface area (Å²) >= 11 is 0. The quantitative estimate of drug-likeness (QED) is 0.745. The summed E-state index contributed by atoms with van der Waals surface area (Å²) in [5.74, 6) is 0. The minimum absolute atomic E-state index is 0.801. The van der Waals surface area contributed by atoms with Crippen molar-refractivity contribution < 1.29 is 0 Å². The van der Waals surface area contributed by atoms with Gasteiger partial charge in [-0.15, -0.1) is 0 Å². The fraction of sp³-hybridized carbons (Fsp3) is 1.00. The standard InChI is InChI=1S/C12H26N2/c1-14(2)11-10-13-12-8-6-4-3-5-7-9-12/h12-13H,3-11H2,1-2H3. The van der Waals surface area contributed by atoms with Gasteiger partial charge in [0.05, 0.1) is 0 Å². The Labute approximate surface area is 89.1 Å². The van der Waals surface area contributed by atoms with Crippen LogP contribution in [0.4, 0.5) is 0 Å². The molecule has 0 bridgehead atoms. The van der Waals surface area contributed by atoms with Crippen molar-refractivity contribution >= 4 is 0 Å². The first kappa shape index (κ1) is 12.0. The van der Waals surface area contributed by atoms with Crippen LogP contribution in [0, 0.1) is 0 Å². The van der Waals surface area contributed by atoms with E-state index in [0.717, 1.165) is 19.1 Å². The van der Waals surface area contributed by atoms with Crippen molar-refractivity contribution in [1.29, 1.82) is 0 Å². The predicted octanol–water partition coefficient (Wildman–Crippen LogP) is 2.25. The van der Waals surface area contributed by atoms with E-state index < -0.39 is 0 Å². The van der Waals surface area contributed by atoms with Gasteiger partial charge in [-0.3, -0.25) is 0 Å². The predicted molar refractivity (Wildman–Crippen MR) is 62.7 cm³/mol. The van der Waals surface area contributed by atoms with Crippen LogP contribution in [0.3, 0.4) is 0 Å². The molecule has 0 unspecified atom stereocenters. The van der Waals surface area contributed by atoms with Crippen molar-refractivity contribution in [2.75, 3.05) is 27.2 Å². The molecular formula is C12H26N2. The first-order valence-corrected chi connectivity index (χ1v) is 6.17. The highest BCUT2D eigenvalue weighted by atomic mass is 15.1. The molecule has 1 N–H and O–H groups in total. The molecule has 0 spiro atoms. The van der Waals surface area contributed by atoms with Gasteiger partial charge >= 0.3 is 0 Å². The third-order valence-corrected chi connectivity index (χ3v) is 3.10. The molecule has 1 rings (SSSR count). The summed E-state index contributed by atoms with van der Waals surface area (Å²) in [5, 5.41) is 3.68. The van der Waals surface area contributed by atoms with Gasteiger partial charge < -0.3 is 10.2 Å². The van der Waals surface area contributed by atoms with Crippen LogP contribution < -0.4 is 5.32 Å². The van der Waals surface area contributed by atoms with E-state index in [9.17, 15) is 0 Å². The second-order valence-corrected chi connectivity index (χ2v) is 4.80. The smallest absolute Gasteiger partial charge is 0.0101 e. The molecule has 14 heavy (non-hydrogen) atoms. The van der Waals surface area contributed by atoms with Crippen LogP contribution >= 0.6 is 0 Å². The maximum Gasteiger partial charge on any atom is 0.0101 e. The molecule has 2 nitrogen and oxygen atoms in total. The van der Waals surface area contributed by atoms with Gasteiger partial charge in [0.2, 0.25) is 0 Å². The zero-order valence-corrected chi connectivity index (χ0v) is 9.89. The molecule has 84 valence electrons. The Kier molecular flexibility index (Phi) is 6.20. The molecule has 0 aromatic heterocycles. The molecule has 1 saturated carbocycles. The topological polar surface area (TPSA) is 15.3 Å². The first-order valence-electron chi connectivity index (χ1n) is 6.17. The molecule has 0 radical (unpaired) electrons. The van der Waals surface area contributed by atoms with E-state index in [1.807, 2.05) is 0 Å². The highest BCUT2D eigenvalue weighted by Crippen LogP contribution is 2.16. The second kappa shape index (κ2) is 7.24. The summed E-state index contributed by atoms with van der Waals surface area (Å²) in [6.07, 6.45) is 10.0. The maximum atomic E-state index is 3.68. The van der Waals surface area contributed by atoms with Crippen LogP contribution in [-0.2, 0) is 0 Å². The van der Waals surface area contributed by atoms with E-state index >= 15 is 0 Å². The van der Waals surface area contributed by atoms with Crippen molar-refractivity contribution in [3.05, 3.63) is 0 Å². The lowest BCUT2D eigenvalue weighted by atomic mass is 9.97. The lowest BCUT2D eigenvalue weighted by molar-refractivity contribution is 0.350. The van der Waals surface area contributed by atoms with E-state index in [-0.39, 0.29) is 0 Å². The van der Waals surface area contributed by atoms with Crippen LogP contribution in [-0.4, -0.2) is 38.1 Å².